The van der Waals surface area contributed by atoms with E-state index >= 15 is 8.78 Å². The van der Waals surface area contributed by atoms with Gasteiger partial charge >= 0.3 is 12.3 Å². The van der Waals surface area contributed by atoms with Crippen molar-refractivity contribution in [3.8, 4) is 0 Å². The number of alkyl halides is 2. The van der Waals surface area contributed by atoms with Gasteiger partial charge in [-0.15, -0.1) is 0 Å². The van der Waals surface area contributed by atoms with Crippen LogP contribution in [0.25, 0.3) is 0 Å². The first-order valence-corrected chi connectivity index (χ1v) is 13.2. The number of aliphatic hydroxyl groups is 1. The molecule has 11 heteroatoms. The summed E-state index contributed by atoms with van der Waals surface area (Å²) < 4.78 is 53.4. The Labute approximate surface area is 225 Å². The van der Waals surface area contributed by atoms with Crippen LogP contribution in [0.1, 0.15) is 53.9 Å². The van der Waals surface area contributed by atoms with Crippen LogP contribution < -0.4 is 0 Å². The molecule has 39 heavy (non-hydrogen) atoms. The summed E-state index contributed by atoms with van der Waals surface area (Å²) in [5, 5.41) is 11.5. The molecule has 0 amide bonds. The van der Waals surface area contributed by atoms with E-state index < -0.39 is 88.7 Å². The molecule has 0 saturated heterocycles. The van der Waals surface area contributed by atoms with Gasteiger partial charge in [0.2, 0.25) is 5.78 Å². The molecule has 1 N–H and O–H groups in total. The summed E-state index contributed by atoms with van der Waals surface area (Å²) in [6, 6.07) is 0. The second-order valence-corrected chi connectivity index (χ2v) is 11.9. The number of fused-ring (bicyclic) bond motifs is 5. The summed E-state index contributed by atoms with van der Waals surface area (Å²) in [6.07, 6.45) is -3.04. The van der Waals surface area contributed by atoms with Crippen LogP contribution in [0.5, 0.6) is 0 Å². The van der Waals surface area contributed by atoms with Crippen LogP contribution in [0, 0.1) is 28.6 Å². The number of halogens is 2. The number of methoxy groups -OCH3 is 1. The molecular weight excluding hydrogens is 518 g/mol. The van der Waals surface area contributed by atoms with Gasteiger partial charge in [0, 0.05) is 22.7 Å². The minimum Gasteiger partial charge on any atom is -0.438 e. The monoisotopic (exact) mass is 554 g/mol. The molecular formula is C28H36F2O9. The first-order chi connectivity index (χ1) is 18.1. The zero-order chi connectivity index (χ0) is 29.1. The first kappa shape index (κ1) is 29.2. The van der Waals surface area contributed by atoms with Crippen molar-refractivity contribution < 1.29 is 52.0 Å². The molecule has 0 spiro atoms. The van der Waals surface area contributed by atoms with Gasteiger partial charge in [-0.1, -0.05) is 19.9 Å². The molecule has 0 aliphatic heterocycles. The van der Waals surface area contributed by atoms with Crippen molar-refractivity contribution in [3.63, 3.8) is 0 Å². The van der Waals surface area contributed by atoms with Crippen LogP contribution in [-0.4, -0.2) is 72.3 Å². The third kappa shape index (κ3) is 4.02. The van der Waals surface area contributed by atoms with Crippen LogP contribution in [-0.2, 0) is 28.5 Å². The summed E-state index contributed by atoms with van der Waals surface area (Å²) in [7, 11) is 1.07. The number of ketones is 2. The molecule has 0 heterocycles. The molecule has 0 bridgehead atoms. The van der Waals surface area contributed by atoms with Gasteiger partial charge < -0.3 is 24.1 Å². The van der Waals surface area contributed by atoms with Crippen LogP contribution in [0.15, 0.2) is 23.8 Å². The Morgan fingerprint density at radius 2 is 1.82 bits per heavy atom. The molecule has 4 aliphatic carbocycles. The van der Waals surface area contributed by atoms with E-state index in [0.29, 0.717) is 0 Å². The van der Waals surface area contributed by atoms with Crippen LogP contribution in [0.4, 0.5) is 18.4 Å². The number of rotatable bonds is 5. The highest BCUT2D eigenvalue weighted by molar-refractivity contribution is 6.01. The van der Waals surface area contributed by atoms with Gasteiger partial charge in [-0.05, 0) is 63.7 Å². The number of carbonyl (C=O) groups is 4. The lowest BCUT2D eigenvalue weighted by Gasteiger charge is -2.63. The van der Waals surface area contributed by atoms with Crippen molar-refractivity contribution in [2.24, 2.45) is 28.6 Å². The summed E-state index contributed by atoms with van der Waals surface area (Å²) in [5.74, 6) is -3.79. The van der Waals surface area contributed by atoms with Gasteiger partial charge in [0.15, 0.2) is 23.7 Å². The van der Waals surface area contributed by atoms with Gasteiger partial charge in [0.25, 0.3) is 0 Å². The lowest BCUT2D eigenvalue weighted by Crippen LogP contribution is -2.71. The van der Waals surface area contributed by atoms with Crippen molar-refractivity contribution in [3.05, 3.63) is 23.8 Å². The van der Waals surface area contributed by atoms with E-state index in [-0.39, 0.29) is 24.8 Å². The topological polar surface area (TPSA) is 125 Å². The second-order valence-electron chi connectivity index (χ2n) is 11.9. The Morgan fingerprint density at radius 1 is 1.15 bits per heavy atom. The van der Waals surface area contributed by atoms with Crippen molar-refractivity contribution in [1.29, 1.82) is 0 Å². The normalized spacial score (nSPS) is 42.6. The third-order valence-corrected chi connectivity index (χ3v) is 9.65. The first-order valence-electron chi connectivity index (χ1n) is 13.2. The van der Waals surface area contributed by atoms with E-state index in [9.17, 15) is 24.3 Å². The van der Waals surface area contributed by atoms with Crippen molar-refractivity contribution in [2.45, 2.75) is 83.5 Å². The predicted octanol–water partition coefficient (Wildman–Crippen LogP) is 4.20. The Morgan fingerprint density at radius 3 is 2.44 bits per heavy atom. The fraction of sp³-hybridized carbons (Fsp3) is 0.714. The maximum atomic E-state index is 17.4. The molecule has 9 nitrogen and oxygen atoms in total. The summed E-state index contributed by atoms with van der Waals surface area (Å²) >= 11 is 0. The Hall–Kier alpha value is -2.82. The lowest BCUT2D eigenvalue weighted by molar-refractivity contribution is -0.225. The van der Waals surface area contributed by atoms with E-state index in [4.69, 9.17) is 18.9 Å². The average Bonchev–Trinajstić information content (AvgIpc) is 3.07. The van der Waals surface area contributed by atoms with E-state index in [1.807, 2.05) is 0 Å². The van der Waals surface area contributed by atoms with Crippen molar-refractivity contribution in [1.82, 2.24) is 0 Å². The van der Waals surface area contributed by atoms with Gasteiger partial charge in [0.05, 0.1) is 19.3 Å². The number of allylic oxidation sites excluding steroid dienone is 4. The molecule has 0 aromatic heterocycles. The average molecular weight is 555 g/mol. The highest BCUT2D eigenvalue weighted by atomic mass is 19.1. The number of carbonyl (C=O) groups excluding carboxylic acids is 4. The molecule has 0 radical (unpaired) electrons. The van der Waals surface area contributed by atoms with Crippen LogP contribution in [0.3, 0.4) is 0 Å². The molecule has 4 rings (SSSR count). The predicted molar refractivity (Wildman–Crippen MR) is 132 cm³/mol. The zero-order valence-electron chi connectivity index (χ0n) is 23.0. The quantitative estimate of drug-likeness (QED) is 0.498. The van der Waals surface area contributed by atoms with E-state index in [2.05, 4.69) is 0 Å². The second kappa shape index (κ2) is 9.67. The Kier molecular flexibility index (Phi) is 7.24. The van der Waals surface area contributed by atoms with Crippen LogP contribution >= 0.6 is 0 Å². The van der Waals surface area contributed by atoms with E-state index in [0.717, 1.165) is 13.2 Å². The van der Waals surface area contributed by atoms with Gasteiger partial charge in [-0.2, -0.15) is 0 Å². The molecule has 0 unspecified atom stereocenters. The molecule has 0 aromatic carbocycles. The van der Waals surface area contributed by atoms with E-state index in [1.54, 1.807) is 27.7 Å². The summed E-state index contributed by atoms with van der Waals surface area (Å²) in [4.78, 5) is 50.4. The zero-order valence-corrected chi connectivity index (χ0v) is 23.0. The Balaban J connectivity index is 1.78. The third-order valence-electron chi connectivity index (χ3n) is 9.65. The SMILES string of the molecule is COC(=O)O[C@]1(C(=O)COC(=O)OC(C)C)[C@H](C)C[C@H]2[C@@H]3C[C@H](F)C4=CC(=O)C=C[C@]4(C)[C@@]3(F)[C@@H](O)C[C@@]21C. The minimum absolute atomic E-state index is 0.0207. The van der Waals surface area contributed by atoms with Gasteiger partial charge in [0.1, 0.15) is 6.17 Å². The number of ether oxygens (including phenoxy) is 4. The largest absolute Gasteiger partial charge is 0.509 e. The standard InChI is InChI=1S/C28H36F2O9/c1-14(2)38-24(35)37-13-22(33)28(39-23(34)36-6)15(3)9-17-18-11-20(29)19-10-16(31)7-8-25(19,4)27(18,30)21(32)12-26(17,28)5/h7-8,10,14-15,17-18,20-21,32H,9,11-13H2,1-6H3/t15-,17+,18+,20+,21+,25+,26+,27+,28+/m1/s1. The number of hydrogen-bond donors (Lipinski definition) is 1. The van der Waals surface area contributed by atoms with Crippen molar-refractivity contribution in [2.75, 3.05) is 13.7 Å². The number of Topliss-reactive ketones (excluding diaryl/α,β-unsaturated/α-hetero) is 1. The fourth-order valence-electron chi connectivity index (χ4n) is 8.02. The molecule has 9 atom stereocenters. The lowest BCUT2D eigenvalue weighted by atomic mass is 9.44. The molecule has 3 fully saturated rings. The van der Waals surface area contributed by atoms with E-state index in [1.165, 1.54) is 19.1 Å². The molecule has 4 aliphatic rings. The molecule has 3 saturated carbocycles. The van der Waals surface area contributed by atoms with Gasteiger partial charge in [-0.25, -0.2) is 18.4 Å². The maximum absolute atomic E-state index is 17.4. The summed E-state index contributed by atoms with van der Waals surface area (Å²) in [5.41, 5.74) is -7.35. The van der Waals surface area contributed by atoms with Crippen molar-refractivity contribution >= 4 is 23.9 Å². The smallest absolute Gasteiger partial charge is 0.438 e. The molecule has 216 valence electrons. The fourth-order valence-corrected chi connectivity index (χ4v) is 8.02. The highest BCUT2D eigenvalue weighted by Gasteiger charge is 2.78. The number of aliphatic hydroxyl groups excluding tert-OH is 1. The minimum atomic E-state index is -2.37. The summed E-state index contributed by atoms with van der Waals surface area (Å²) in [6.45, 7) is 7.12. The maximum Gasteiger partial charge on any atom is 0.509 e. The molecule has 0 aromatic rings. The number of hydrogen-bond acceptors (Lipinski definition) is 9. The van der Waals surface area contributed by atoms with Crippen LogP contribution in [0.2, 0.25) is 0 Å². The highest BCUT2D eigenvalue weighted by Crippen LogP contribution is 2.71. The van der Waals surface area contributed by atoms with Gasteiger partial charge in [-0.3, -0.25) is 9.59 Å². The Bertz CT molecular complexity index is 1130.